The van der Waals surface area contributed by atoms with Crippen LogP contribution in [0.4, 0.5) is 5.95 Å². The van der Waals surface area contributed by atoms with Crippen molar-refractivity contribution in [3.05, 3.63) is 16.6 Å². The molecular weight excluding hydrogens is 206 g/mol. The van der Waals surface area contributed by atoms with Gasteiger partial charge in [-0.1, -0.05) is 0 Å². The second kappa shape index (κ2) is 3.07. The Hall–Kier alpha value is -1.85. The van der Waals surface area contributed by atoms with Gasteiger partial charge in [0.1, 0.15) is 5.39 Å². The summed E-state index contributed by atoms with van der Waals surface area (Å²) >= 11 is 0. The number of nitrogens with zero attached hydrogens (tertiary/aromatic N) is 4. The third kappa shape index (κ3) is 1.46. The number of aromatic nitrogens is 4. The molecule has 2 heterocycles. The van der Waals surface area contributed by atoms with Gasteiger partial charge in [0, 0.05) is 13.2 Å². The van der Waals surface area contributed by atoms with Gasteiger partial charge in [0.2, 0.25) is 5.95 Å². The quantitative estimate of drug-likeness (QED) is 0.701. The molecule has 0 aliphatic carbocycles. The van der Waals surface area contributed by atoms with Crippen molar-refractivity contribution < 1.29 is 0 Å². The molecule has 0 fully saturated rings. The maximum Gasteiger partial charge on any atom is 0.265 e. The lowest BCUT2D eigenvalue weighted by molar-refractivity contribution is 0.358. The fourth-order valence-corrected chi connectivity index (χ4v) is 1.41. The Morgan fingerprint density at radius 2 is 2.00 bits per heavy atom. The zero-order valence-corrected chi connectivity index (χ0v) is 9.85. The molecule has 0 saturated carbocycles. The summed E-state index contributed by atoms with van der Waals surface area (Å²) in [5.41, 5.74) is 5.66. The molecule has 0 aliphatic rings. The number of nitrogens with two attached hydrogens (primary N) is 1. The SMILES string of the molecule is Cn1c(N)nc2nn(C(C)(C)C)cc2c1=O. The zero-order valence-electron chi connectivity index (χ0n) is 9.85. The lowest BCUT2D eigenvalue weighted by Gasteiger charge is -2.18. The summed E-state index contributed by atoms with van der Waals surface area (Å²) in [5.74, 6) is 0.177. The molecule has 0 unspecified atom stereocenters. The number of anilines is 1. The van der Waals surface area contributed by atoms with Crippen molar-refractivity contribution in [3.63, 3.8) is 0 Å². The zero-order chi connectivity index (χ0) is 12.1. The van der Waals surface area contributed by atoms with Crippen LogP contribution in [0, 0.1) is 0 Å². The lowest BCUT2D eigenvalue weighted by atomic mass is 10.1. The Kier molecular flexibility index (Phi) is 2.04. The van der Waals surface area contributed by atoms with E-state index in [1.165, 1.54) is 4.57 Å². The summed E-state index contributed by atoms with van der Waals surface area (Å²) in [5, 5.41) is 4.75. The standard InChI is InChI=1S/C10H15N5O/c1-10(2,3)15-5-6-7(13-15)12-9(11)14(4)8(6)16/h5H,1-4H3,(H2,11,12,13). The van der Waals surface area contributed by atoms with Crippen molar-refractivity contribution in [3.8, 4) is 0 Å². The fourth-order valence-electron chi connectivity index (χ4n) is 1.41. The number of hydrogen-bond donors (Lipinski definition) is 1. The van der Waals surface area contributed by atoms with Gasteiger partial charge in [0.05, 0.1) is 5.54 Å². The Labute approximate surface area is 92.7 Å². The van der Waals surface area contributed by atoms with Crippen LogP contribution in [0.5, 0.6) is 0 Å². The molecular formula is C10H15N5O. The minimum absolute atomic E-state index is 0.169. The van der Waals surface area contributed by atoms with E-state index in [4.69, 9.17) is 5.73 Å². The van der Waals surface area contributed by atoms with Crippen molar-refractivity contribution in [2.24, 2.45) is 7.05 Å². The topological polar surface area (TPSA) is 78.7 Å². The second-order valence-corrected chi connectivity index (χ2v) is 4.82. The molecule has 0 amide bonds. The van der Waals surface area contributed by atoms with E-state index in [1.807, 2.05) is 20.8 Å². The molecule has 6 heteroatoms. The Morgan fingerprint density at radius 1 is 1.38 bits per heavy atom. The predicted octanol–water partition coefficient (Wildman–Crippen LogP) is 0.467. The molecule has 2 aromatic rings. The molecule has 2 aromatic heterocycles. The van der Waals surface area contributed by atoms with Crippen molar-refractivity contribution in [2.75, 3.05) is 5.73 Å². The summed E-state index contributed by atoms with van der Waals surface area (Å²) in [6.07, 6.45) is 1.71. The molecule has 2 rings (SSSR count). The first-order valence-corrected chi connectivity index (χ1v) is 5.03. The van der Waals surface area contributed by atoms with Crippen LogP contribution in [0.3, 0.4) is 0 Å². The summed E-state index contributed by atoms with van der Waals surface area (Å²) in [4.78, 5) is 16.0. The average Bonchev–Trinajstić information content (AvgIpc) is 2.57. The minimum atomic E-state index is -0.180. The van der Waals surface area contributed by atoms with Gasteiger partial charge >= 0.3 is 0 Å². The molecule has 0 spiro atoms. The minimum Gasteiger partial charge on any atom is -0.369 e. The van der Waals surface area contributed by atoms with Crippen LogP contribution < -0.4 is 11.3 Å². The normalized spacial score (nSPS) is 12.2. The van der Waals surface area contributed by atoms with E-state index < -0.39 is 0 Å². The lowest BCUT2D eigenvalue weighted by Crippen LogP contribution is -2.22. The molecule has 0 saturated heterocycles. The van der Waals surface area contributed by atoms with Crippen LogP contribution in [-0.4, -0.2) is 19.3 Å². The van der Waals surface area contributed by atoms with Crippen molar-refractivity contribution in [1.29, 1.82) is 0 Å². The highest BCUT2D eigenvalue weighted by Crippen LogP contribution is 2.15. The Balaban J connectivity index is 2.82. The first-order chi connectivity index (χ1) is 7.30. The average molecular weight is 221 g/mol. The van der Waals surface area contributed by atoms with Gasteiger partial charge in [-0.3, -0.25) is 14.0 Å². The van der Waals surface area contributed by atoms with E-state index in [1.54, 1.807) is 17.9 Å². The highest BCUT2D eigenvalue weighted by Gasteiger charge is 2.17. The van der Waals surface area contributed by atoms with E-state index in [9.17, 15) is 4.79 Å². The maximum atomic E-state index is 11.9. The van der Waals surface area contributed by atoms with Crippen LogP contribution in [0.2, 0.25) is 0 Å². The molecule has 0 bridgehead atoms. The van der Waals surface area contributed by atoms with Gasteiger partial charge in [-0.15, -0.1) is 0 Å². The molecule has 0 aliphatic heterocycles. The maximum absolute atomic E-state index is 11.9. The molecule has 16 heavy (non-hydrogen) atoms. The predicted molar refractivity (Wildman–Crippen MR) is 62.2 cm³/mol. The smallest absolute Gasteiger partial charge is 0.265 e. The van der Waals surface area contributed by atoms with Gasteiger partial charge in [0.25, 0.3) is 5.56 Å². The molecule has 0 aromatic carbocycles. The van der Waals surface area contributed by atoms with Crippen molar-refractivity contribution in [2.45, 2.75) is 26.3 Å². The van der Waals surface area contributed by atoms with E-state index in [2.05, 4.69) is 10.1 Å². The van der Waals surface area contributed by atoms with E-state index in [0.717, 1.165) is 0 Å². The van der Waals surface area contributed by atoms with Gasteiger partial charge in [-0.05, 0) is 20.8 Å². The largest absolute Gasteiger partial charge is 0.369 e. The van der Waals surface area contributed by atoms with Crippen LogP contribution in [0.25, 0.3) is 11.0 Å². The molecule has 6 nitrogen and oxygen atoms in total. The van der Waals surface area contributed by atoms with E-state index in [0.29, 0.717) is 11.0 Å². The number of nitrogen functional groups attached to an aromatic ring is 1. The third-order valence-corrected chi connectivity index (χ3v) is 2.48. The second-order valence-electron chi connectivity index (χ2n) is 4.82. The Morgan fingerprint density at radius 3 is 2.56 bits per heavy atom. The van der Waals surface area contributed by atoms with Crippen LogP contribution >= 0.6 is 0 Å². The summed E-state index contributed by atoms with van der Waals surface area (Å²) in [6, 6.07) is 0. The van der Waals surface area contributed by atoms with Crippen molar-refractivity contribution in [1.82, 2.24) is 19.3 Å². The van der Waals surface area contributed by atoms with Crippen LogP contribution in [0.15, 0.2) is 11.0 Å². The number of fused-ring (bicyclic) bond motifs is 1. The summed E-state index contributed by atoms with van der Waals surface area (Å²) in [7, 11) is 1.60. The number of hydrogen-bond acceptors (Lipinski definition) is 4. The molecule has 0 atom stereocenters. The highest BCUT2D eigenvalue weighted by molar-refractivity contribution is 5.73. The van der Waals surface area contributed by atoms with Gasteiger partial charge in [-0.25, -0.2) is 0 Å². The number of rotatable bonds is 0. The van der Waals surface area contributed by atoms with Gasteiger partial charge in [0.15, 0.2) is 5.65 Å². The first kappa shape index (κ1) is 10.7. The van der Waals surface area contributed by atoms with Gasteiger partial charge < -0.3 is 5.73 Å². The van der Waals surface area contributed by atoms with Crippen LogP contribution in [0.1, 0.15) is 20.8 Å². The van der Waals surface area contributed by atoms with E-state index in [-0.39, 0.29) is 17.0 Å². The molecule has 0 radical (unpaired) electrons. The third-order valence-electron chi connectivity index (χ3n) is 2.48. The van der Waals surface area contributed by atoms with Gasteiger partial charge in [-0.2, -0.15) is 10.1 Å². The summed E-state index contributed by atoms with van der Waals surface area (Å²) < 4.78 is 3.04. The first-order valence-electron chi connectivity index (χ1n) is 5.03. The fraction of sp³-hybridized carbons (Fsp3) is 0.500. The monoisotopic (exact) mass is 221 g/mol. The Bertz CT molecular complexity index is 602. The summed E-state index contributed by atoms with van der Waals surface area (Å²) in [6.45, 7) is 6.02. The van der Waals surface area contributed by atoms with E-state index >= 15 is 0 Å². The van der Waals surface area contributed by atoms with Crippen LogP contribution in [-0.2, 0) is 12.6 Å². The molecule has 86 valence electrons. The van der Waals surface area contributed by atoms with Crippen molar-refractivity contribution >= 4 is 17.0 Å². The highest BCUT2D eigenvalue weighted by atomic mass is 16.1. The molecule has 2 N–H and O–H groups in total.